The van der Waals surface area contributed by atoms with Gasteiger partial charge >= 0.3 is 0 Å². The topological polar surface area (TPSA) is 21.3 Å². The van der Waals surface area contributed by atoms with Crippen LogP contribution in [-0.4, -0.2) is 24.7 Å². The predicted octanol–water partition coefficient (Wildman–Crippen LogP) is 3.51. The lowest BCUT2D eigenvalue weighted by Gasteiger charge is -2.12. The van der Waals surface area contributed by atoms with Crippen molar-refractivity contribution in [2.75, 3.05) is 19.4 Å². The van der Waals surface area contributed by atoms with Gasteiger partial charge in [-0.25, -0.2) is 0 Å². The number of thioether (sulfide) groups is 1. The standard InChI is InChI=1S/C14H20ClNOS/c1-10(18-2)3-5-16-9-12-8-13(15)7-11-4-6-17-14(11)12/h7-8,10,16H,3-6,9H2,1-2H3. The first-order valence-electron chi connectivity index (χ1n) is 6.38. The summed E-state index contributed by atoms with van der Waals surface area (Å²) in [6.07, 6.45) is 4.32. The van der Waals surface area contributed by atoms with Gasteiger partial charge in [0, 0.05) is 28.8 Å². The number of hydrogen-bond donors (Lipinski definition) is 1. The molecule has 0 aromatic heterocycles. The Hall–Kier alpha value is -0.380. The highest BCUT2D eigenvalue weighted by Gasteiger charge is 2.17. The Kier molecular flexibility index (Phi) is 5.22. The number of benzene rings is 1. The minimum absolute atomic E-state index is 0.707. The normalized spacial score (nSPS) is 15.3. The average Bonchev–Trinajstić information content (AvgIpc) is 2.81. The summed E-state index contributed by atoms with van der Waals surface area (Å²) in [4.78, 5) is 0. The van der Waals surface area contributed by atoms with E-state index in [0.29, 0.717) is 5.25 Å². The molecule has 0 bridgehead atoms. The number of nitrogens with one attached hydrogen (secondary N) is 1. The van der Waals surface area contributed by atoms with Crippen LogP contribution in [0.5, 0.6) is 5.75 Å². The molecule has 2 rings (SSSR count). The van der Waals surface area contributed by atoms with Gasteiger partial charge in [-0.3, -0.25) is 0 Å². The van der Waals surface area contributed by atoms with E-state index in [1.165, 1.54) is 17.5 Å². The fourth-order valence-electron chi connectivity index (χ4n) is 2.12. The van der Waals surface area contributed by atoms with Crippen molar-refractivity contribution in [1.82, 2.24) is 5.32 Å². The lowest BCUT2D eigenvalue weighted by molar-refractivity contribution is 0.352. The van der Waals surface area contributed by atoms with Crippen LogP contribution < -0.4 is 10.1 Å². The van der Waals surface area contributed by atoms with Crippen molar-refractivity contribution < 1.29 is 4.74 Å². The first-order chi connectivity index (χ1) is 8.70. The second-order valence-electron chi connectivity index (χ2n) is 4.66. The third-order valence-corrected chi connectivity index (χ3v) is 4.53. The van der Waals surface area contributed by atoms with Crippen LogP contribution in [0.4, 0.5) is 0 Å². The van der Waals surface area contributed by atoms with Gasteiger partial charge in [0.1, 0.15) is 5.75 Å². The van der Waals surface area contributed by atoms with Gasteiger partial charge in [-0.2, -0.15) is 11.8 Å². The Balaban J connectivity index is 1.90. The van der Waals surface area contributed by atoms with Crippen LogP contribution in [0.2, 0.25) is 5.02 Å². The second kappa shape index (κ2) is 6.69. The lowest BCUT2D eigenvalue weighted by Crippen LogP contribution is -2.18. The maximum Gasteiger partial charge on any atom is 0.127 e. The Morgan fingerprint density at radius 1 is 1.50 bits per heavy atom. The zero-order chi connectivity index (χ0) is 13.0. The van der Waals surface area contributed by atoms with Crippen LogP contribution in [0, 0.1) is 0 Å². The minimum atomic E-state index is 0.707. The van der Waals surface area contributed by atoms with E-state index in [1.807, 2.05) is 23.9 Å². The number of ether oxygens (including phenoxy) is 1. The molecule has 0 fully saturated rings. The Morgan fingerprint density at radius 3 is 3.11 bits per heavy atom. The molecule has 1 atom stereocenters. The molecule has 0 amide bonds. The molecule has 0 aliphatic carbocycles. The molecule has 1 aliphatic rings. The molecule has 1 aliphatic heterocycles. The quantitative estimate of drug-likeness (QED) is 0.808. The third kappa shape index (κ3) is 3.56. The Morgan fingerprint density at radius 2 is 2.33 bits per heavy atom. The Bertz CT molecular complexity index is 411. The lowest BCUT2D eigenvalue weighted by atomic mass is 10.1. The summed E-state index contributed by atoms with van der Waals surface area (Å²) < 4.78 is 5.68. The fourth-order valence-corrected chi connectivity index (χ4v) is 2.74. The molecule has 18 heavy (non-hydrogen) atoms. The van der Waals surface area contributed by atoms with Crippen LogP contribution in [-0.2, 0) is 13.0 Å². The van der Waals surface area contributed by atoms with Crippen molar-refractivity contribution in [2.24, 2.45) is 0 Å². The van der Waals surface area contributed by atoms with E-state index in [2.05, 4.69) is 18.5 Å². The summed E-state index contributed by atoms with van der Waals surface area (Å²) in [6.45, 7) is 4.91. The summed E-state index contributed by atoms with van der Waals surface area (Å²) >= 11 is 8.04. The van der Waals surface area contributed by atoms with Gasteiger partial charge in [-0.15, -0.1) is 0 Å². The molecule has 0 spiro atoms. The zero-order valence-electron chi connectivity index (χ0n) is 11.0. The van der Waals surface area contributed by atoms with Gasteiger partial charge < -0.3 is 10.1 Å². The van der Waals surface area contributed by atoms with Crippen LogP contribution in [0.15, 0.2) is 12.1 Å². The van der Waals surface area contributed by atoms with E-state index in [1.54, 1.807) is 0 Å². The van der Waals surface area contributed by atoms with E-state index < -0.39 is 0 Å². The molecule has 0 radical (unpaired) electrons. The number of halogens is 1. The maximum absolute atomic E-state index is 6.13. The summed E-state index contributed by atoms with van der Waals surface area (Å²) in [7, 11) is 0. The number of hydrogen-bond acceptors (Lipinski definition) is 3. The summed E-state index contributed by atoms with van der Waals surface area (Å²) in [5, 5.41) is 4.99. The molecule has 100 valence electrons. The van der Waals surface area contributed by atoms with Gasteiger partial charge in [0.15, 0.2) is 0 Å². The average molecular weight is 286 g/mol. The van der Waals surface area contributed by atoms with E-state index in [9.17, 15) is 0 Å². The van der Waals surface area contributed by atoms with E-state index >= 15 is 0 Å². The third-order valence-electron chi connectivity index (χ3n) is 3.27. The highest BCUT2D eigenvalue weighted by molar-refractivity contribution is 7.99. The van der Waals surface area contributed by atoms with Gasteiger partial charge in [-0.1, -0.05) is 18.5 Å². The number of fused-ring (bicyclic) bond motifs is 1. The fraction of sp³-hybridized carbons (Fsp3) is 0.571. The molecular formula is C14H20ClNOS. The van der Waals surface area contributed by atoms with E-state index in [4.69, 9.17) is 16.3 Å². The van der Waals surface area contributed by atoms with Gasteiger partial charge in [0.05, 0.1) is 6.61 Å². The molecular weight excluding hydrogens is 266 g/mol. The first kappa shape index (κ1) is 14.0. The SMILES string of the molecule is CSC(C)CCNCc1cc(Cl)cc2c1OCC2. The van der Waals surface area contributed by atoms with Crippen LogP contribution in [0.1, 0.15) is 24.5 Å². The molecule has 1 N–H and O–H groups in total. The molecule has 2 nitrogen and oxygen atoms in total. The summed E-state index contributed by atoms with van der Waals surface area (Å²) in [6, 6.07) is 4.03. The van der Waals surface area contributed by atoms with Crippen LogP contribution in [0.25, 0.3) is 0 Å². The van der Waals surface area contributed by atoms with E-state index in [-0.39, 0.29) is 0 Å². The van der Waals surface area contributed by atoms with Gasteiger partial charge in [0.2, 0.25) is 0 Å². The summed E-state index contributed by atoms with van der Waals surface area (Å²) in [5.74, 6) is 1.05. The van der Waals surface area contributed by atoms with Crippen molar-refractivity contribution >= 4 is 23.4 Å². The molecule has 4 heteroatoms. The zero-order valence-corrected chi connectivity index (χ0v) is 12.5. The molecule has 0 saturated carbocycles. The van der Waals surface area contributed by atoms with Crippen molar-refractivity contribution in [1.29, 1.82) is 0 Å². The van der Waals surface area contributed by atoms with Gasteiger partial charge in [-0.05, 0) is 36.9 Å². The van der Waals surface area contributed by atoms with E-state index in [0.717, 1.165) is 36.9 Å². The smallest absolute Gasteiger partial charge is 0.127 e. The first-order valence-corrected chi connectivity index (χ1v) is 8.05. The predicted molar refractivity (Wildman–Crippen MR) is 80.0 cm³/mol. The highest BCUT2D eigenvalue weighted by atomic mass is 35.5. The molecule has 1 aromatic carbocycles. The van der Waals surface area contributed by atoms with Crippen molar-refractivity contribution in [3.63, 3.8) is 0 Å². The van der Waals surface area contributed by atoms with Gasteiger partial charge in [0.25, 0.3) is 0 Å². The minimum Gasteiger partial charge on any atom is -0.493 e. The monoisotopic (exact) mass is 285 g/mol. The molecule has 1 aromatic rings. The second-order valence-corrected chi connectivity index (χ2v) is 6.38. The molecule has 1 unspecified atom stereocenters. The Labute approximate surface area is 118 Å². The van der Waals surface area contributed by atoms with Crippen molar-refractivity contribution in [2.45, 2.75) is 31.6 Å². The van der Waals surface area contributed by atoms with Crippen molar-refractivity contribution in [3.05, 3.63) is 28.3 Å². The largest absolute Gasteiger partial charge is 0.493 e. The number of rotatable bonds is 6. The highest BCUT2D eigenvalue weighted by Crippen LogP contribution is 2.32. The maximum atomic E-state index is 6.13. The summed E-state index contributed by atoms with van der Waals surface area (Å²) in [5.41, 5.74) is 2.43. The molecule has 1 heterocycles. The van der Waals surface area contributed by atoms with Crippen LogP contribution >= 0.6 is 23.4 Å². The van der Waals surface area contributed by atoms with Crippen LogP contribution in [0.3, 0.4) is 0 Å². The molecule has 0 saturated heterocycles. The van der Waals surface area contributed by atoms with Crippen molar-refractivity contribution in [3.8, 4) is 5.75 Å².